The van der Waals surface area contributed by atoms with Gasteiger partial charge >= 0.3 is 0 Å². The van der Waals surface area contributed by atoms with Crippen LogP contribution < -0.4 is 4.74 Å². The molecular formula is C28H31BN6O. The van der Waals surface area contributed by atoms with E-state index in [1.165, 1.54) is 6.42 Å². The van der Waals surface area contributed by atoms with Crippen molar-refractivity contribution in [2.24, 2.45) is 0 Å². The van der Waals surface area contributed by atoms with E-state index in [1.54, 1.807) is 0 Å². The second-order valence-electron chi connectivity index (χ2n) is 9.91. The molecule has 2 aliphatic heterocycles. The van der Waals surface area contributed by atoms with Gasteiger partial charge < -0.3 is 19.5 Å². The molecule has 0 unspecified atom stereocenters. The molecule has 0 bridgehead atoms. The van der Waals surface area contributed by atoms with Crippen LogP contribution in [0, 0.1) is 0 Å². The van der Waals surface area contributed by atoms with Gasteiger partial charge in [-0.1, -0.05) is 24.3 Å². The number of likely N-dealkylation sites (tertiary alicyclic amines) is 1. The van der Waals surface area contributed by atoms with Crippen LogP contribution in [-0.4, -0.2) is 57.8 Å². The summed E-state index contributed by atoms with van der Waals surface area (Å²) in [5, 5.41) is 0. The Kier molecular flexibility index (Phi) is 6.38. The molecule has 0 saturated carbocycles. The van der Waals surface area contributed by atoms with E-state index in [0.717, 1.165) is 77.8 Å². The molecule has 36 heavy (non-hydrogen) atoms. The Morgan fingerprint density at radius 2 is 1.42 bits per heavy atom. The predicted octanol–water partition coefficient (Wildman–Crippen LogP) is 5.03. The van der Waals surface area contributed by atoms with E-state index in [2.05, 4.69) is 68.3 Å². The monoisotopic (exact) mass is 478 g/mol. The first-order chi connectivity index (χ1) is 17.6. The summed E-state index contributed by atoms with van der Waals surface area (Å²) in [5.74, 6) is 2.84. The number of nitrogens with zero attached hydrogens (tertiary/aromatic N) is 4. The average molecular weight is 478 g/mol. The van der Waals surface area contributed by atoms with Crippen molar-refractivity contribution in [3.63, 3.8) is 0 Å². The third kappa shape index (κ3) is 4.71. The van der Waals surface area contributed by atoms with E-state index >= 15 is 0 Å². The van der Waals surface area contributed by atoms with Gasteiger partial charge in [0.15, 0.2) is 7.98 Å². The largest absolute Gasteiger partial charge is 0.489 e. The third-order valence-corrected chi connectivity index (χ3v) is 7.47. The summed E-state index contributed by atoms with van der Waals surface area (Å²) < 4.78 is 6.04. The first kappa shape index (κ1) is 23.1. The van der Waals surface area contributed by atoms with E-state index in [4.69, 9.17) is 12.7 Å². The van der Waals surface area contributed by atoms with Crippen molar-refractivity contribution in [1.29, 1.82) is 0 Å². The molecule has 7 nitrogen and oxygen atoms in total. The van der Waals surface area contributed by atoms with Gasteiger partial charge in [-0.2, -0.15) is 0 Å². The van der Waals surface area contributed by atoms with Gasteiger partial charge in [0.05, 0.1) is 35.9 Å². The van der Waals surface area contributed by atoms with Crippen molar-refractivity contribution in [1.82, 2.24) is 29.6 Å². The van der Waals surface area contributed by atoms with Crippen LogP contribution >= 0.6 is 0 Å². The molecule has 2 aliphatic rings. The lowest BCUT2D eigenvalue weighted by atomic mass is 10.1. The van der Waals surface area contributed by atoms with Crippen LogP contribution in [0.2, 0.25) is 0 Å². The molecule has 2 fully saturated rings. The fourth-order valence-electron chi connectivity index (χ4n) is 5.32. The van der Waals surface area contributed by atoms with Crippen LogP contribution in [0.1, 0.15) is 55.0 Å². The predicted molar refractivity (Wildman–Crippen MR) is 141 cm³/mol. The van der Waals surface area contributed by atoms with Crippen LogP contribution in [0.3, 0.4) is 0 Å². The highest BCUT2D eigenvalue weighted by atomic mass is 16.5. The van der Waals surface area contributed by atoms with E-state index in [1.807, 2.05) is 29.3 Å². The minimum absolute atomic E-state index is 0.178. The fourth-order valence-corrected chi connectivity index (χ4v) is 5.32. The minimum atomic E-state index is 0.178. The van der Waals surface area contributed by atoms with Gasteiger partial charge in [-0.15, -0.1) is 0 Å². The van der Waals surface area contributed by atoms with Crippen LogP contribution in [0.25, 0.3) is 22.5 Å². The van der Waals surface area contributed by atoms with Crippen molar-refractivity contribution >= 4 is 7.98 Å². The summed E-state index contributed by atoms with van der Waals surface area (Å²) in [7, 11) is 8.25. The van der Waals surface area contributed by atoms with E-state index in [-0.39, 0.29) is 6.04 Å². The Labute approximate surface area is 213 Å². The number of hydrogen-bond acceptors (Lipinski definition) is 5. The Hall–Kier alpha value is -3.36. The molecular weight excluding hydrogens is 447 g/mol. The molecule has 0 amide bonds. The maximum atomic E-state index is 6.08. The summed E-state index contributed by atoms with van der Waals surface area (Å²) >= 11 is 0. The number of imidazole rings is 2. The van der Waals surface area contributed by atoms with Crippen LogP contribution in [0.4, 0.5) is 0 Å². The van der Waals surface area contributed by atoms with Crippen molar-refractivity contribution < 1.29 is 4.74 Å². The molecule has 2 N–H and O–H groups in total. The lowest BCUT2D eigenvalue weighted by Crippen LogP contribution is -2.20. The van der Waals surface area contributed by atoms with Crippen LogP contribution in [0.15, 0.2) is 60.9 Å². The average Bonchev–Trinajstić information content (AvgIpc) is 3.71. The standard InChI is InChI=1S/C28H31BN6O/c1-34-14-2-4-25(34)27-30-16-23(32-27)20-8-6-19(7-9-20)18-36-22-12-10-21(11-13-22)24-17-31-28(33-24)26-5-3-15-35(26)29/h6-13,16-17,25-26H,2-5,14-15,18H2,1H3,(H,30,32)(H,31,33)/t25-,26-/m0/s1. The quantitative estimate of drug-likeness (QED) is 0.365. The number of ether oxygens (including phenoxy) is 1. The molecule has 2 radical (unpaired) electrons. The van der Waals surface area contributed by atoms with Crippen LogP contribution in [-0.2, 0) is 6.61 Å². The van der Waals surface area contributed by atoms with E-state index in [0.29, 0.717) is 12.6 Å². The van der Waals surface area contributed by atoms with Gasteiger partial charge in [0.25, 0.3) is 0 Å². The zero-order chi connectivity index (χ0) is 24.5. The third-order valence-electron chi connectivity index (χ3n) is 7.47. The van der Waals surface area contributed by atoms with E-state index in [9.17, 15) is 0 Å². The van der Waals surface area contributed by atoms with Crippen molar-refractivity contribution in [2.45, 2.75) is 44.4 Å². The molecule has 8 heteroatoms. The number of nitrogens with one attached hydrogen (secondary N) is 2. The van der Waals surface area contributed by atoms with Crippen molar-refractivity contribution in [2.75, 3.05) is 20.1 Å². The smallest absolute Gasteiger partial charge is 0.183 e. The number of hydrogen-bond donors (Lipinski definition) is 2. The fraction of sp³-hybridized carbons (Fsp3) is 0.357. The normalized spacial score (nSPS) is 20.8. The molecule has 0 aliphatic carbocycles. The Morgan fingerprint density at radius 1 is 0.833 bits per heavy atom. The van der Waals surface area contributed by atoms with Crippen molar-refractivity contribution in [3.8, 4) is 28.3 Å². The zero-order valence-electron chi connectivity index (χ0n) is 20.7. The maximum Gasteiger partial charge on any atom is 0.183 e. The molecule has 4 aromatic rings. The topological polar surface area (TPSA) is 73.1 Å². The first-order valence-electron chi connectivity index (χ1n) is 12.8. The lowest BCUT2D eigenvalue weighted by molar-refractivity contribution is 0.306. The molecule has 0 spiro atoms. The number of H-pyrrole nitrogens is 2. The van der Waals surface area contributed by atoms with Crippen LogP contribution in [0.5, 0.6) is 5.75 Å². The van der Waals surface area contributed by atoms with Gasteiger partial charge in [0.1, 0.15) is 24.0 Å². The maximum absolute atomic E-state index is 6.08. The molecule has 2 aromatic carbocycles. The van der Waals surface area contributed by atoms with Gasteiger partial charge in [-0.05, 0) is 86.8 Å². The summed E-state index contributed by atoms with van der Waals surface area (Å²) in [6.07, 6.45) is 8.36. The summed E-state index contributed by atoms with van der Waals surface area (Å²) in [6, 6.07) is 17.2. The number of aromatic nitrogens is 4. The number of benzene rings is 2. The minimum Gasteiger partial charge on any atom is -0.489 e. The summed E-state index contributed by atoms with van der Waals surface area (Å²) in [5.41, 5.74) is 5.39. The molecule has 2 aromatic heterocycles. The zero-order valence-corrected chi connectivity index (χ0v) is 20.7. The molecule has 182 valence electrons. The Balaban J connectivity index is 1.05. The molecule has 2 saturated heterocycles. The molecule has 4 heterocycles. The summed E-state index contributed by atoms with van der Waals surface area (Å²) in [6.45, 7) is 2.57. The second-order valence-corrected chi connectivity index (χ2v) is 9.91. The van der Waals surface area contributed by atoms with Crippen molar-refractivity contribution in [3.05, 3.63) is 78.1 Å². The highest BCUT2D eigenvalue weighted by Gasteiger charge is 2.25. The Bertz CT molecular complexity index is 1200. The lowest BCUT2D eigenvalue weighted by Gasteiger charge is -2.17. The first-order valence-corrected chi connectivity index (χ1v) is 12.8. The van der Waals surface area contributed by atoms with Gasteiger partial charge in [0.2, 0.25) is 0 Å². The molecule has 2 atom stereocenters. The summed E-state index contributed by atoms with van der Waals surface area (Å²) in [4.78, 5) is 20.4. The van der Waals surface area contributed by atoms with Gasteiger partial charge in [-0.3, -0.25) is 4.90 Å². The number of rotatable bonds is 7. The highest BCUT2D eigenvalue weighted by molar-refractivity contribution is 6.04. The molecule has 6 rings (SSSR count). The second kappa shape index (κ2) is 9.95. The van der Waals surface area contributed by atoms with Gasteiger partial charge in [0, 0.05) is 0 Å². The Morgan fingerprint density at radius 3 is 2.00 bits per heavy atom. The highest BCUT2D eigenvalue weighted by Crippen LogP contribution is 2.31. The van der Waals surface area contributed by atoms with Gasteiger partial charge in [-0.25, -0.2) is 9.97 Å². The van der Waals surface area contributed by atoms with E-state index < -0.39 is 0 Å². The number of aromatic amines is 2. The SMILES string of the molecule is [B]N1CCC[C@H]1c1ncc(-c2ccc(OCc3ccc(-c4cnc([C@@H]5CCCN5C)[nH]4)cc3)cc2)[nH]1.